The summed E-state index contributed by atoms with van der Waals surface area (Å²) in [6.45, 7) is 1.36. The van der Waals surface area contributed by atoms with Crippen LogP contribution in [0.3, 0.4) is 0 Å². The number of hydrazine groups is 1. The number of aromatic nitrogens is 4. The maximum Gasteiger partial charge on any atom is 0.241 e. The van der Waals surface area contributed by atoms with E-state index in [1.54, 1.807) is 6.92 Å². The Bertz CT molecular complexity index is 814. The van der Waals surface area contributed by atoms with E-state index < -0.39 is 43.0 Å². The Kier molecular flexibility index (Phi) is 4.77. The minimum Gasteiger partial charge on any atom is -0.394 e. The molecule has 0 radical (unpaired) electrons. The summed E-state index contributed by atoms with van der Waals surface area (Å²) in [7, 11) is 0. The molecule has 0 aliphatic carbocycles. The molecular formula is C14H21N7O5. The third kappa shape index (κ3) is 2.68. The summed E-state index contributed by atoms with van der Waals surface area (Å²) in [5.41, 5.74) is 4.46. The number of aliphatic hydroxyl groups is 3. The number of aliphatic hydroxyl groups excluding tert-OH is 3. The van der Waals surface area contributed by atoms with Crippen LogP contribution in [0.2, 0.25) is 0 Å². The molecule has 3 heterocycles. The Labute approximate surface area is 148 Å². The van der Waals surface area contributed by atoms with E-state index in [0.717, 1.165) is 5.01 Å². The molecule has 1 fully saturated rings. The number of carbonyl (C=O) groups excluding carboxylic acids is 1. The predicted molar refractivity (Wildman–Crippen MR) is 87.9 cm³/mol. The van der Waals surface area contributed by atoms with Crippen LogP contribution in [0.15, 0.2) is 12.7 Å². The van der Waals surface area contributed by atoms with Crippen molar-refractivity contribution in [1.82, 2.24) is 24.5 Å². The van der Waals surface area contributed by atoms with Crippen molar-refractivity contribution in [2.24, 2.45) is 5.84 Å². The van der Waals surface area contributed by atoms with Crippen LogP contribution in [0.1, 0.15) is 13.3 Å². The van der Waals surface area contributed by atoms with Gasteiger partial charge >= 0.3 is 0 Å². The van der Waals surface area contributed by atoms with Gasteiger partial charge in [0.25, 0.3) is 0 Å². The zero-order chi connectivity index (χ0) is 19.1. The number of fused-ring (bicyclic) bond motifs is 1. The van der Waals surface area contributed by atoms with Crippen molar-refractivity contribution in [2.45, 2.75) is 37.4 Å². The van der Waals surface area contributed by atoms with E-state index in [9.17, 15) is 20.1 Å². The molecule has 0 saturated carbocycles. The molecule has 7 N–H and O–H groups in total. The van der Waals surface area contributed by atoms with Gasteiger partial charge in [0, 0.05) is 6.54 Å². The van der Waals surface area contributed by atoms with Crippen LogP contribution in [-0.4, -0.2) is 77.2 Å². The number of ether oxygens (including phenoxy) is 1. The Morgan fingerprint density at radius 3 is 2.77 bits per heavy atom. The first-order chi connectivity index (χ1) is 12.4. The van der Waals surface area contributed by atoms with Crippen LogP contribution in [0.5, 0.6) is 0 Å². The van der Waals surface area contributed by atoms with Crippen molar-refractivity contribution in [2.75, 3.05) is 18.9 Å². The second-order valence-corrected chi connectivity index (χ2v) is 6.02. The number of nitrogens with zero attached hydrogens (tertiary/aromatic N) is 5. The van der Waals surface area contributed by atoms with E-state index >= 15 is 0 Å². The fraction of sp³-hybridized carbons (Fsp3) is 0.571. The van der Waals surface area contributed by atoms with Crippen molar-refractivity contribution in [1.29, 1.82) is 0 Å². The molecule has 4 atom stereocenters. The number of hydrogen-bond acceptors (Lipinski definition) is 10. The van der Waals surface area contributed by atoms with Gasteiger partial charge in [-0.1, -0.05) is 0 Å². The lowest BCUT2D eigenvalue weighted by Gasteiger charge is -2.34. The van der Waals surface area contributed by atoms with Gasteiger partial charge in [0.2, 0.25) is 5.91 Å². The first kappa shape index (κ1) is 18.4. The molecule has 1 aliphatic rings. The molecule has 1 amide bonds. The van der Waals surface area contributed by atoms with Gasteiger partial charge in [-0.3, -0.25) is 14.4 Å². The summed E-state index contributed by atoms with van der Waals surface area (Å²) >= 11 is 0. The highest BCUT2D eigenvalue weighted by atomic mass is 16.6. The molecule has 26 heavy (non-hydrogen) atoms. The number of rotatable bonds is 5. The molecule has 12 nitrogen and oxygen atoms in total. The molecule has 2 aromatic rings. The first-order valence-electron chi connectivity index (χ1n) is 7.99. The molecule has 3 rings (SSSR count). The van der Waals surface area contributed by atoms with E-state index in [4.69, 9.17) is 16.3 Å². The summed E-state index contributed by atoms with van der Waals surface area (Å²) in [4.78, 5) is 24.5. The van der Waals surface area contributed by atoms with Gasteiger partial charge in [0.05, 0.1) is 19.4 Å². The Morgan fingerprint density at radius 2 is 2.15 bits per heavy atom. The number of amides is 1. The van der Waals surface area contributed by atoms with Gasteiger partial charge < -0.3 is 25.8 Å². The van der Waals surface area contributed by atoms with Crippen LogP contribution in [0.25, 0.3) is 11.2 Å². The second-order valence-electron chi connectivity index (χ2n) is 6.02. The maximum atomic E-state index is 12.5. The SMILES string of the molecule is CCN(N)C(=O)C[C@@]1(n2cnc3c(N)ncnc32)O[C@H](CO)[C@@H](O)[C@H]1O. The molecule has 0 aromatic carbocycles. The third-order valence-electron chi connectivity index (χ3n) is 4.54. The lowest BCUT2D eigenvalue weighted by Crippen LogP contribution is -2.50. The van der Waals surface area contributed by atoms with E-state index in [1.807, 2.05) is 0 Å². The molecule has 1 saturated heterocycles. The van der Waals surface area contributed by atoms with Gasteiger partial charge in [-0.05, 0) is 6.92 Å². The number of nitrogen functional groups attached to an aromatic ring is 1. The molecule has 0 bridgehead atoms. The van der Waals surface area contributed by atoms with Gasteiger partial charge in [-0.25, -0.2) is 20.8 Å². The Morgan fingerprint density at radius 1 is 1.42 bits per heavy atom. The fourth-order valence-corrected chi connectivity index (χ4v) is 3.07. The second kappa shape index (κ2) is 6.74. The smallest absolute Gasteiger partial charge is 0.241 e. The van der Waals surface area contributed by atoms with Gasteiger partial charge in [0.1, 0.15) is 30.2 Å². The number of carbonyl (C=O) groups is 1. The van der Waals surface area contributed by atoms with Crippen LogP contribution in [0, 0.1) is 0 Å². The van der Waals surface area contributed by atoms with Crippen molar-refractivity contribution in [3.05, 3.63) is 12.7 Å². The standard InChI is InChI=1S/C14H21N7O5/c1-2-21(16)8(23)3-14(11(25)10(24)7(4-22)26-14)20-6-19-9-12(15)17-5-18-13(9)20/h5-7,10-11,22,24-25H,2-4,16H2,1H3,(H2,15,17,18)/t7-,10-,11-,14-/m1/s1. The average Bonchev–Trinajstić information content (AvgIpc) is 3.17. The van der Waals surface area contributed by atoms with E-state index in [2.05, 4.69) is 15.0 Å². The highest BCUT2D eigenvalue weighted by molar-refractivity contribution is 5.82. The van der Waals surface area contributed by atoms with E-state index in [0.29, 0.717) is 0 Å². The Hall–Kier alpha value is -2.38. The maximum absolute atomic E-state index is 12.5. The number of imidazole rings is 1. The zero-order valence-electron chi connectivity index (χ0n) is 14.1. The summed E-state index contributed by atoms with van der Waals surface area (Å²) in [6, 6.07) is 0. The topological polar surface area (TPSA) is 186 Å². The molecule has 0 spiro atoms. The van der Waals surface area contributed by atoms with Gasteiger partial charge in [-0.2, -0.15) is 0 Å². The highest BCUT2D eigenvalue weighted by Gasteiger charge is 2.57. The largest absolute Gasteiger partial charge is 0.394 e. The minimum atomic E-state index is -1.77. The molecule has 1 aliphatic heterocycles. The molecule has 0 unspecified atom stereocenters. The normalized spacial score (nSPS) is 28.6. The van der Waals surface area contributed by atoms with Crippen LogP contribution in [-0.2, 0) is 15.3 Å². The quantitative estimate of drug-likeness (QED) is 0.211. The van der Waals surface area contributed by atoms with Crippen molar-refractivity contribution in [3.8, 4) is 0 Å². The third-order valence-corrected chi connectivity index (χ3v) is 4.54. The zero-order valence-corrected chi connectivity index (χ0v) is 14.1. The molecule has 12 heteroatoms. The highest BCUT2D eigenvalue weighted by Crippen LogP contribution is 2.40. The van der Waals surface area contributed by atoms with Gasteiger partial charge in [-0.15, -0.1) is 0 Å². The number of nitrogens with two attached hydrogens (primary N) is 2. The minimum absolute atomic E-state index is 0.107. The van der Waals surface area contributed by atoms with Crippen molar-refractivity contribution < 1.29 is 24.9 Å². The molecule has 2 aromatic heterocycles. The van der Waals surface area contributed by atoms with Crippen LogP contribution >= 0.6 is 0 Å². The van der Waals surface area contributed by atoms with Crippen LogP contribution in [0.4, 0.5) is 5.82 Å². The van der Waals surface area contributed by atoms with Gasteiger partial charge in [0.15, 0.2) is 17.2 Å². The summed E-state index contributed by atoms with van der Waals surface area (Å²) in [5.74, 6) is 5.22. The van der Waals surface area contributed by atoms with Crippen molar-refractivity contribution >= 4 is 22.9 Å². The average molecular weight is 367 g/mol. The summed E-state index contributed by atoms with van der Waals surface area (Å²) in [5, 5.41) is 31.3. The lowest BCUT2D eigenvalue weighted by atomic mass is 9.98. The summed E-state index contributed by atoms with van der Waals surface area (Å²) in [6.07, 6.45) is -2.03. The van der Waals surface area contributed by atoms with E-state index in [1.165, 1.54) is 17.2 Å². The fourth-order valence-electron chi connectivity index (χ4n) is 3.07. The molecular weight excluding hydrogens is 346 g/mol. The number of hydrogen-bond donors (Lipinski definition) is 5. The lowest BCUT2D eigenvalue weighted by molar-refractivity contribution is -0.167. The Balaban J connectivity index is 2.15. The first-order valence-corrected chi connectivity index (χ1v) is 7.99. The monoisotopic (exact) mass is 367 g/mol. The van der Waals surface area contributed by atoms with Crippen molar-refractivity contribution in [3.63, 3.8) is 0 Å². The van der Waals surface area contributed by atoms with E-state index in [-0.39, 0.29) is 23.5 Å². The number of anilines is 1. The summed E-state index contributed by atoms with van der Waals surface area (Å²) < 4.78 is 7.06. The van der Waals surface area contributed by atoms with Crippen LogP contribution < -0.4 is 11.6 Å². The predicted octanol–water partition coefficient (Wildman–Crippen LogP) is -2.71. The molecule has 142 valence electrons.